The summed E-state index contributed by atoms with van der Waals surface area (Å²) in [6.07, 6.45) is 2.62. The van der Waals surface area contributed by atoms with Crippen LogP contribution in [0.1, 0.15) is 35.2 Å². The topological polar surface area (TPSA) is 61.4 Å². The van der Waals surface area contributed by atoms with Crippen LogP contribution >= 0.6 is 12.4 Å². The Bertz CT molecular complexity index is 579. The zero-order chi connectivity index (χ0) is 16.2. The Labute approximate surface area is 149 Å². The number of likely N-dealkylation sites (tertiary alicyclic amines) is 1. The van der Waals surface area contributed by atoms with E-state index in [0.717, 1.165) is 56.6 Å². The maximum absolute atomic E-state index is 12.4. The summed E-state index contributed by atoms with van der Waals surface area (Å²) in [4.78, 5) is 26.7. The molecule has 1 aromatic rings. The summed E-state index contributed by atoms with van der Waals surface area (Å²) < 4.78 is 0. The summed E-state index contributed by atoms with van der Waals surface area (Å²) >= 11 is 0. The van der Waals surface area contributed by atoms with Crippen LogP contribution < -0.4 is 10.6 Å². The van der Waals surface area contributed by atoms with Gasteiger partial charge >= 0.3 is 0 Å². The van der Waals surface area contributed by atoms with Crippen molar-refractivity contribution in [1.29, 1.82) is 0 Å². The molecule has 1 aromatic carbocycles. The van der Waals surface area contributed by atoms with Gasteiger partial charge in [0.05, 0.1) is 5.92 Å². The van der Waals surface area contributed by atoms with Gasteiger partial charge in [-0.1, -0.05) is 18.2 Å². The lowest BCUT2D eigenvalue weighted by molar-refractivity contribution is -0.136. The third-order valence-electron chi connectivity index (χ3n) is 4.94. The monoisotopic (exact) mass is 351 g/mol. The average Bonchev–Trinajstić information content (AvgIpc) is 3.09. The second-order valence-electron chi connectivity index (χ2n) is 6.58. The van der Waals surface area contributed by atoms with E-state index in [1.807, 2.05) is 36.1 Å². The van der Waals surface area contributed by atoms with E-state index in [1.54, 1.807) is 0 Å². The Morgan fingerprint density at radius 1 is 1.17 bits per heavy atom. The molecule has 132 valence electrons. The molecule has 24 heavy (non-hydrogen) atoms. The second-order valence-corrected chi connectivity index (χ2v) is 6.58. The second kappa shape index (κ2) is 8.49. The van der Waals surface area contributed by atoms with Gasteiger partial charge < -0.3 is 15.5 Å². The lowest BCUT2D eigenvalue weighted by Crippen LogP contribution is -2.48. The lowest BCUT2D eigenvalue weighted by atomic mass is 10.0. The minimum absolute atomic E-state index is 0. The Morgan fingerprint density at radius 2 is 1.88 bits per heavy atom. The van der Waals surface area contributed by atoms with Crippen molar-refractivity contribution in [1.82, 2.24) is 15.5 Å². The number of nitrogens with one attached hydrogen (secondary N) is 2. The number of hydrogen-bond donors (Lipinski definition) is 2. The van der Waals surface area contributed by atoms with E-state index in [4.69, 9.17) is 0 Å². The van der Waals surface area contributed by atoms with Gasteiger partial charge in [0.2, 0.25) is 5.91 Å². The van der Waals surface area contributed by atoms with Crippen LogP contribution in [-0.2, 0) is 4.79 Å². The Balaban J connectivity index is 0.00000208. The van der Waals surface area contributed by atoms with Gasteiger partial charge in [0.1, 0.15) is 0 Å². The molecule has 2 amide bonds. The number of carbonyl (C=O) groups is 2. The van der Waals surface area contributed by atoms with Gasteiger partial charge in [-0.3, -0.25) is 9.59 Å². The third-order valence-corrected chi connectivity index (χ3v) is 4.94. The number of aryl methyl sites for hydroxylation is 1. The van der Waals surface area contributed by atoms with Gasteiger partial charge in [0.25, 0.3) is 5.91 Å². The van der Waals surface area contributed by atoms with E-state index in [2.05, 4.69) is 10.6 Å². The zero-order valence-electron chi connectivity index (χ0n) is 14.1. The highest BCUT2D eigenvalue weighted by atomic mass is 35.5. The number of amides is 2. The highest BCUT2D eigenvalue weighted by Crippen LogP contribution is 2.17. The molecule has 2 saturated heterocycles. The number of piperidine rings is 1. The fourth-order valence-electron chi connectivity index (χ4n) is 3.46. The normalized spacial score (nSPS) is 21.2. The first-order chi connectivity index (χ1) is 11.1. The molecule has 6 heteroatoms. The molecule has 2 aliphatic heterocycles. The largest absolute Gasteiger partial charge is 0.349 e. The Hall–Kier alpha value is -1.59. The molecule has 1 atom stereocenters. The molecule has 0 bridgehead atoms. The van der Waals surface area contributed by atoms with Crippen molar-refractivity contribution >= 4 is 24.2 Å². The van der Waals surface area contributed by atoms with Crippen molar-refractivity contribution in [3.8, 4) is 0 Å². The maximum Gasteiger partial charge on any atom is 0.251 e. The van der Waals surface area contributed by atoms with Gasteiger partial charge in [-0.15, -0.1) is 12.4 Å². The van der Waals surface area contributed by atoms with Crippen LogP contribution in [0.15, 0.2) is 24.3 Å². The van der Waals surface area contributed by atoms with Crippen molar-refractivity contribution in [2.24, 2.45) is 5.92 Å². The molecule has 2 N–H and O–H groups in total. The van der Waals surface area contributed by atoms with Gasteiger partial charge in [0.15, 0.2) is 0 Å². The molecule has 2 fully saturated rings. The molecule has 0 aliphatic carbocycles. The van der Waals surface area contributed by atoms with Crippen molar-refractivity contribution < 1.29 is 9.59 Å². The lowest BCUT2D eigenvalue weighted by Gasteiger charge is -2.33. The molecule has 0 spiro atoms. The number of hydrogen-bond acceptors (Lipinski definition) is 3. The van der Waals surface area contributed by atoms with E-state index in [9.17, 15) is 9.59 Å². The van der Waals surface area contributed by atoms with E-state index < -0.39 is 0 Å². The minimum atomic E-state index is -0.00660. The van der Waals surface area contributed by atoms with Crippen molar-refractivity contribution in [3.63, 3.8) is 0 Å². The highest BCUT2D eigenvalue weighted by Gasteiger charge is 2.30. The van der Waals surface area contributed by atoms with Crippen LogP contribution in [0.2, 0.25) is 0 Å². The summed E-state index contributed by atoms with van der Waals surface area (Å²) in [6, 6.07) is 7.79. The predicted molar refractivity (Wildman–Crippen MR) is 96.5 cm³/mol. The number of halogens is 1. The summed E-state index contributed by atoms with van der Waals surface area (Å²) in [5, 5.41) is 6.36. The van der Waals surface area contributed by atoms with Crippen molar-refractivity contribution in [3.05, 3.63) is 35.4 Å². The Kier molecular flexibility index (Phi) is 6.63. The maximum atomic E-state index is 12.4. The summed E-state index contributed by atoms with van der Waals surface area (Å²) in [6.45, 7) is 5.19. The van der Waals surface area contributed by atoms with E-state index in [-0.39, 0.29) is 36.2 Å². The van der Waals surface area contributed by atoms with Crippen LogP contribution in [-0.4, -0.2) is 48.9 Å². The van der Waals surface area contributed by atoms with Crippen molar-refractivity contribution in [2.45, 2.75) is 32.2 Å². The van der Waals surface area contributed by atoms with E-state index in [1.165, 1.54) is 0 Å². The summed E-state index contributed by atoms with van der Waals surface area (Å²) in [5.74, 6) is 0.416. The molecule has 1 unspecified atom stereocenters. The quantitative estimate of drug-likeness (QED) is 0.872. The SMILES string of the molecule is Cc1ccccc1C(=O)NC1CCN(C(=O)C2CCNC2)CC1.Cl. The van der Waals surface area contributed by atoms with Gasteiger partial charge in [-0.25, -0.2) is 0 Å². The first-order valence-electron chi connectivity index (χ1n) is 8.51. The van der Waals surface area contributed by atoms with Crippen LogP contribution in [0, 0.1) is 12.8 Å². The van der Waals surface area contributed by atoms with Crippen LogP contribution in [0.3, 0.4) is 0 Å². The third kappa shape index (κ3) is 4.28. The highest BCUT2D eigenvalue weighted by molar-refractivity contribution is 5.95. The molecule has 3 rings (SSSR count). The fraction of sp³-hybridized carbons (Fsp3) is 0.556. The average molecular weight is 352 g/mol. The van der Waals surface area contributed by atoms with Crippen LogP contribution in [0.25, 0.3) is 0 Å². The van der Waals surface area contributed by atoms with Crippen molar-refractivity contribution in [2.75, 3.05) is 26.2 Å². The number of benzene rings is 1. The van der Waals surface area contributed by atoms with Gasteiger partial charge in [-0.2, -0.15) is 0 Å². The molecule has 2 aliphatic rings. The molecular formula is C18H26ClN3O2. The predicted octanol–water partition coefficient (Wildman–Crippen LogP) is 1.75. The molecule has 2 heterocycles. The summed E-state index contributed by atoms with van der Waals surface area (Å²) in [5.41, 5.74) is 1.73. The van der Waals surface area contributed by atoms with Gasteiger partial charge in [0, 0.05) is 31.2 Å². The van der Waals surface area contributed by atoms with Crippen LogP contribution in [0.4, 0.5) is 0 Å². The molecule has 0 radical (unpaired) electrons. The smallest absolute Gasteiger partial charge is 0.251 e. The molecule has 0 saturated carbocycles. The summed E-state index contributed by atoms with van der Waals surface area (Å²) in [7, 11) is 0. The van der Waals surface area contributed by atoms with Gasteiger partial charge in [-0.05, 0) is 44.4 Å². The molecule has 0 aromatic heterocycles. The number of rotatable bonds is 3. The molecule has 5 nitrogen and oxygen atoms in total. The van der Waals surface area contributed by atoms with E-state index in [0.29, 0.717) is 0 Å². The standard InChI is InChI=1S/C18H25N3O2.ClH/c1-13-4-2-3-5-16(13)17(22)20-15-7-10-21(11-8-15)18(23)14-6-9-19-12-14;/h2-5,14-15,19H,6-12H2,1H3,(H,20,22);1H. The Morgan fingerprint density at radius 3 is 2.50 bits per heavy atom. The van der Waals surface area contributed by atoms with Crippen LogP contribution in [0.5, 0.6) is 0 Å². The number of nitrogens with zero attached hydrogens (tertiary/aromatic N) is 1. The van der Waals surface area contributed by atoms with E-state index >= 15 is 0 Å². The first-order valence-corrected chi connectivity index (χ1v) is 8.51. The zero-order valence-corrected chi connectivity index (χ0v) is 14.9. The molecular weight excluding hydrogens is 326 g/mol. The number of carbonyl (C=O) groups excluding carboxylic acids is 2. The fourth-order valence-corrected chi connectivity index (χ4v) is 3.46. The minimum Gasteiger partial charge on any atom is -0.349 e. The first kappa shape index (κ1) is 18.7.